The van der Waals surface area contributed by atoms with E-state index in [0.29, 0.717) is 18.1 Å². The highest BCUT2D eigenvalue weighted by molar-refractivity contribution is 5.26. The van der Waals surface area contributed by atoms with Crippen LogP contribution in [-0.4, -0.2) is 15.2 Å². The maximum atomic E-state index is 12.4. The summed E-state index contributed by atoms with van der Waals surface area (Å²) in [6.45, 7) is 3.95. The Hall–Kier alpha value is -1.85. The fourth-order valence-electron chi connectivity index (χ4n) is 1.65. The molecule has 2 aromatic rings. The molecule has 0 spiro atoms. The molecule has 2 rings (SSSR count). The molecule has 19 heavy (non-hydrogen) atoms. The fraction of sp³-hybridized carbons (Fsp3) is 0.385. The van der Waals surface area contributed by atoms with Crippen LogP contribution in [-0.2, 0) is 12.6 Å². The summed E-state index contributed by atoms with van der Waals surface area (Å²) in [5.41, 5.74) is 0.121. The third kappa shape index (κ3) is 3.33. The molecule has 0 fully saturated rings. The van der Waals surface area contributed by atoms with Crippen molar-refractivity contribution in [1.82, 2.24) is 15.2 Å². The molecular weight excluding hydrogens is 255 g/mol. The first kappa shape index (κ1) is 13.6. The van der Waals surface area contributed by atoms with E-state index in [1.807, 2.05) is 13.8 Å². The molecule has 0 bridgehead atoms. The molecule has 1 heterocycles. The molecule has 0 aliphatic heterocycles. The Morgan fingerprint density at radius 2 is 1.79 bits per heavy atom. The molecule has 1 N–H and O–H groups in total. The molecule has 102 valence electrons. The predicted octanol–water partition coefficient (Wildman–Crippen LogP) is 3.54. The van der Waals surface area contributed by atoms with E-state index in [2.05, 4.69) is 15.2 Å². The number of nitrogens with one attached hydrogen (secondary N) is 1. The average Bonchev–Trinajstić information content (AvgIpc) is 2.77. The molecule has 6 heteroatoms. The van der Waals surface area contributed by atoms with Crippen molar-refractivity contribution in [1.29, 1.82) is 0 Å². The lowest BCUT2D eigenvalue weighted by Crippen LogP contribution is -2.04. The van der Waals surface area contributed by atoms with Crippen molar-refractivity contribution in [2.75, 3.05) is 0 Å². The van der Waals surface area contributed by atoms with Gasteiger partial charge in [-0.15, -0.1) is 0 Å². The van der Waals surface area contributed by atoms with Gasteiger partial charge in [-0.05, 0) is 17.7 Å². The second-order valence-corrected chi connectivity index (χ2v) is 4.67. The second kappa shape index (κ2) is 5.03. The van der Waals surface area contributed by atoms with Gasteiger partial charge in [0.2, 0.25) is 0 Å². The SMILES string of the molecule is CC(C)c1n[nH]c(Cc2ccc(C(F)(F)F)cc2)n1. The van der Waals surface area contributed by atoms with E-state index in [1.165, 1.54) is 12.1 Å². The number of H-pyrrole nitrogens is 1. The van der Waals surface area contributed by atoms with Gasteiger partial charge in [0.25, 0.3) is 0 Å². The third-order valence-electron chi connectivity index (χ3n) is 2.72. The average molecular weight is 269 g/mol. The highest BCUT2D eigenvalue weighted by Gasteiger charge is 2.29. The molecule has 0 saturated carbocycles. The second-order valence-electron chi connectivity index (χ2n) is 4.67. The van der Waals surface area contributed by atoms with Gasteiger partial charge >= 0.3 is 6.18 Å². The highest BCUT2D eigenvalue weighted by atomic mass is 19.4. The van der Waals surface area contributed by atoms with Crippen LogP contribution in [0.5, 0.6) is 0 Å². The zero-order valence-electron chi connectivity index (χ0n) is 10.6. The zero-order chi connectivity index (χ0) is 14.0. The Kier molecular flexibility index (Phi) is 3.59. The first-order valence-electron chi connectivity index (χ1n) is 5.93. The van der Waals surface area contributed by atoms with Crippen molar-refractivity contribution in [3.05, 3.63) is 47.0 Å². The van der Waals surface area contributed by atoms with E-state index in [4.69, 9.17) is 0 Å². The normalized spacial score (nSPS) is 12.1. The van der Waals surface area contributed by atoms with Crippen molar-refractivity contribution in [3.8, 4) is 0 Å². The Morgan fingerprint density at radius 1 is 1.16 bits per heavy atom. The van der Waals surface area contributed by atoms with Gasteiger partial charge in [-0.25, -0.2) is 4.98 Å². The van der Waals surface area contributed by atoms with E-state index in [1.54, 1.807) is 0 Å². The molecule has 0 atom stereocenters. The van der Waals surface area contributed by atoms with Crippen molar-refractivity contribution < 1.29 is 13.2 Å². The highest BCUT2D eigenvalue weighted by Crippen LogP contribution is 2.29. The number of nitrogens with zero attached hydrogens (tertiary/aromatic N) is 2. The first-order valence-corrected chi connectivity index (χ1v) is 5.93. The van der Waals surface area contributed by atoms with Gasteiger partial charge < -0.3 is 0 Å². The number of aromatic nitrogens is 3. The van der Waals surface area contributed by atoms with E-state index in [0.717, 1.165) is 17.7 Å². The summed E-state index contributed by atoms with van der Waals surface area (Å²) in [7, 11) is 0. The molecule has 0 saturated heterocycles. The molecule has 1 aromatic heterocycles. The van der Waals surface area contributed by atoms with Gasteiger partial charge in [-0.1, -0.05) is 26.0 Å². The number of hydrogen-bond donors (Lipinski definition) is 1. The summed E-state index contributed by atoms with van der Waals surface area (Å²) in [5.74, 6) is 1.59. The summed E-state index contributed by atoms with van der Waals surface area (Å²) in [5, 5.41) is 6.85. The number of benzene rings is 1. The number of aromatic amines is 1. The Morgan fingerprint density at radius 3 is 2.26 bits per heavy atom. The van der Waals surface area contributed by atoms with Crippen LogP contribution in [0.25, 0.3) is 0 Å². The molecule has 0 aliphatic carbocycles. The fourth-order valence-corrected chi connectivity index (χ4v) is 1.65. The molecule has 0 aliphatic rings. The van der Waals surface area contributed by atoms with Gasteiger partial charge in [0, 0.05) is 12.3 Å². The summed E-state index contributed by atoms with van der Waals surface area (Å²) in [6, 6.07) is 5.07. The lowest BCUT2D eigenvalue weighted by molar-refractivity contribution is -0.137. The minimum atomic E-state index is -4.30. The van der Waals surface area contributed by atoms with Crippen LogP contribution in [0.1, 0.15) is 42.5 Å². The quantitative estimate of drug-likeness (QED) is 0.926. The van der Waals surface area contributed by atoms with Gasteiger partial charge in [0.15, 0.2) is 5.82 Å². The van der Waals surface area contributed by atoms with Crippen LogP contribution in [0.3, 0.4) is 0 Å². The maximum absolute atomic E-state index is 12.4. The molecule has 1 aromatic carbocycles. The predicted molar refractivity (Wildman–Crippen MR) is 64.7 cm³/mol. The molecule has 0 amide bonds. The van der Waals surface area contributed by atoms with Crippen molar-refractivity contribution >= 4 is 0 Å². The van der Waals surface area contributed by atoms with E-state index >= 15 is 0 Å². The third-order valence-corrected chi connectivity index (χ3v) is 2.72. The minimum absolute atomic E-state index is 0.220. The van der Waals surface area contributed by atoms with Crippen LogP contribution in [0.2, 0.25) is 0 Å². The Labute approximate surface area is 108 Å². The van der Waals surface area contributed by atoms with Gasteiger partial charge in [-0.2, -0.15) is 18.3 Å². The largest absolute Gasteiger partial charge is 0.416 e. The maximum Gasteiger partial charge on any atom is 0.416 e. The van der Waals surface area contributed by atoms with Crippen molar-refractivity contribution in [2.24, 2.45) is 0 Å². The summed E-state index contributed by atoms with van der Waals surface area (Å²) in [4.78, 5) is 4.29. The Balaban J connectivity index is 2.11. The molecule has 0 unspecified atom stereocenters. The summed E-state index contributed by atoms with van der Waals surface area (Å²) in [6.07, 6.45) is -3.85. The summed E-state index contributed by atoms with van der Waals surface area (Å²) < 4.78 is 37.2. The van der Waals surface area contributed by atoms with Gasteiger partial charge in [0.1, 0.15) is 5.82 Å². The van der Waals surface area contributed by atoms with Crippen molar-refractivity contribution in [2.45, 2.75) is 32.4 Å². The lowest BCUT2D eigenvalue weighted by Gasteiger charge is -2.06. The monoisotopic (exact) mass is 269 g/mol. The molecule has 0 radical (unpaired) electrons. The van der Waals surface area contributed by atoms with Crippen LogP contribution >= 0.6 is 0 Å². The van der Waals surface area contributed by atoms with Crippen molar-refractivity contribution in [3.63, 3.8) is 0 Å². The molecular formula is C13H14F3N3. The Bertz CT molecular complexity index is 541. The lowest BCUT2D eigenvalue weighted by atomic mass is 10.1. The number of halogens is 3. The summed E-state index contributed by atoms with van der Waals surface area (Å²) >= 11 is 0. The topological polar surface area (TPSA) is 41.6 Å². The molecule has 3 nitrogen and oxygen atoms in total. The number of hydrogen-bond acceptors (Lipinski definition) is 2. The van der Waals surface area contributed by atoms with E-state index < -0.39 is 11.7 Å². The van der Waals surface area contributed by atoms with Crippen LogP contribution < -0.4 is 0 Å². The first-order chi connectivity index (χ1) is 8.86. The zero-order valence-corrected chi connectivity index (χ0v) is 10.6. The van der Waals surface area contributed by atoms with Crippen LogP contribution in [0.15, 0.2) is 24.3 Å². The van der Waals surface area contributed by atoms with Crippen LogP contribution in [0, 0.1) is 0 Å². The van der Waals surface area contributed by atoms with Gasteiger partial charge in [-0.3, -0.25) is 5.10 Å². The van der Waals surface area contributed by atoms with Gasteiger partial charge in [0.05, 0.1) is 5.56 Å². The standard InChI is InChI=1S/C13H14F3N3/c1-8(2)12-17-11(18-19-12)7-9-3-5-10(6-4-9)13(14,15)16/h3-6,8H,7H2,1-2H3,(H,17,18,19). The van der Waals surface area contributed by atoms with E-state index in [9.17, 15) is 13.2 Å². The van der Waals surface area contributed by atoms with E-state index in [-0.39, 0.29) is 5.92 Å². The number of alkyl halides is 3. The number of rotatable bonds is 3. The smallest absolute Gasteiger partial charge is 0.263 e. The minimum Gasteiger partial charge on any atom is -0.263 e. The van der Waals surface area contributed by atoms with Crippen LogP contribution in [0.4, 0.5) is 13.2 Å².